The zero-order chi connectivity index (χ0) is 12.3. The summed E-state index contributed by atoms with van der Waals surface area (Å²) in [5, 5.41) is 0. The molecule has 0 atom stereocenters. The smallest absolute Gasteiger partial charge is 0.232 e. The zero-order valence-corrected chi connectivity index (χ0v) is 11.1. The van der Waals surface area contributed by atoms with Crippen molar-refractivity contribution in [3.8, 4) is 0 Å². The highest BCUT2D eigenvalue weighted by atomic mass is 35.7. The summed E-state index contributed by atoms with van der Waals surface area (Å²) in [6, 6.07) is 0. The Morgan fingerprint density at radius 3 is 2.06 bits per heavy atom. The minimum Gasteiger partial charge on any atom is -0.382 e. The van der Waals surface area contributed by atoms with E-state index in [0.717, 1.165) is 0 Å². The van der Waals surface area contributed by atoms with Crippen LogP contribution in [0.1, 0.15) is 12.8 Å². The van der Waals surface area contributed by atoms with Crippen LogP contribution in [0.2, 0.25) is 0 Å². The predicted octanol–water partition coefficient (Wildman–Crippen LogP) is 1.01. The molecule has 0 unspecified atom stereocenters. The number of hydrogen-bond donors (Lipinski definition) is 0. The summed E-state index contributed by atoms with van der Waals surface area (Å²) in [5.74, 6) is 0.00224. The van der Waals surface area contributed by atoms with Crippen molar-refractivity contribution in [3.63, 3.8) is 0 Å². The van der Waals surface area contributed by atoms with E-state index >= 15 is 0 Å². The van der Waals surface area contributed by atoms with Gasteiger partial charge in [0.05, 0.1) is 32.2 Å². The molecular formula is C9H19ClO5S. The monoisotopic (exact) mass is 274 g/mol. The van der Waals surface area contributed by atoms with Crippen LogP contribution in [0.15, 0.2) is 0 Å². The number of methoxy groups -OCH3 is 1. The normalized spacial score (nSPS) is 11.9. The lowest BCUT2D eigenvalue weighted by Crippen LogP contribution is -2.09. The molecule has 0 saturated carbocycles. The minimum atomic E-state index is -3.35. The van der Waals surface area contributed by atoms with E-state index in [9.17, 15) is 8.42 Å². The molecule has 0 heterocycles. The van der Waals surface area contributed by atoms with Crippen molar-refractivity contribution in [2.45, 2.75) is 12.8 Å². The summed E-state index contributed by atoms with van der Waals surface area (Å²) in [6.07, 6.45) is 1.21. The fourth-order valence-electron chi connectivity index (χ4n) is 0.943. The quantitative estimate of drug-likeness (QED) is 0.416. The molecule has 0 fully saturated rings. The van der Waals surface area contributed by atoms with Crippen LogP contribution in [0, 0.1) is 0 Å². The Hall–Kier alpha value is 0.120. The number of unbranched alkanes of at least 4 members (excludes halogenated alkanes) is 1. The van der Waals surface area contributed by atoms with E-state index in [4.69, 9.17) is 24.9 Å². The molecule has 0 N–H and O–H groups in total. The molecule has 0 bridgehead atoms. The number of ether oxygens (including phenoxy) is 3. The van der Waals surface area contributed by atoms with Crippen molar-refractivity contribution < 1.29 is 22.6 Å². The topological polar surface area (TPSA) is 61.8 Å². The van der Waals surface area contributed by atoms with Crippen molar-refractivity contribution in [1.82, 2.24) is 0 Å². The van der Waals surface area contributed by atoms with Crippen molar-refractivity contribution in [1.29, 1.82) is 0 Å². The Bertz CT molecular complexity index is 242. The molecule has 0 aliphatic heterocycles. The standard InChI is InChI=1S/C9H19ClO5S/c1-13-5-6-15-8-7-14-4-2-3-9-16(10,11)12/h2-9H2,1H3. The van der Waals surface area contributed by atoms with Crippen LogP contribution in [-0.4, -0.2) is 54.3 Å². The van der Waals surface area contributed by atoms with Crippen LogP contribution in [0.3, 0.4) is 0 Å². The Morgan fingerprint density at radius 1 is 0.938 bits per heavy atom. The third-order valence-electron chi connectivity index (χ3n) is 1.73. The Morgan fingerprint density at radius 2 is 1.50 bits per heavy atom. The molecule has 16 heavy (non-hydrogen) atoms. The molecule has 98 valence electrons. The molecule has 0 rings (SSSR count). The summed E-state index contributed by atoms with van der Waals surface area (Å²) in [5.41, 5.74) is 0. The second-order valence-electron chi connectivity index (χ2n) is 3.17. The number of rotatable bonds is 11. The van der Waals surface area contributed by atoms with E-state index in [2.05, 4.69) is 0 Å². The van der Waals surface area contributed by atoms with Gasteiger partial charge in [0.15, 0.2) is 0 Å². The van der Waals surface area contributed by atoms with Gasteiger partial charge in [-0.1, -0.05) is 0 Å². The number of halogens is 1. The first-order valence-electron chi connectivity index (χ1n) is 5.13. The van der Waals surface area contributed by atoms with Crippen LogP contribution >= 0.6 is 10.7 Å². The van der Waals surface area contributed by atoms with E-state index < -0.39 is 9.05 Å². The SMILES string of the molecule is COCCOCCOCCCCS(=O)(=O)Cl. The average Bonchev–Trinajstić information content (AvgIpc) is 2.19. The van der Waals surface area contributed by atoms with Gasteiger partial charge in [0.1, 0.15) is 0 Å². The molecule has 0 amide bonds. The van der Waals surface area contributed by atoms with E-state index in [1.807, 2.05) is 0 Å². The van der Waals surface area contributed by atoms with Crippen molar-refractivity contribution in [2.24, 2.45) is 0 Å². The molecule has 0 spiro atoms. The fourth-order valence-corrected chi connectivity index (χ4v) is 1.82. The van der Waals surface area contributed by atoms with Gasteiger partial charge >= 0.3 is 0 Å². The van der Waals surface area contributed by atoms with Crippen LogP contribution in [0.25, 0.3) is 0 Å². The van der Waals surface area contributed by atoms with Crippen molar-refractivity contribution in [2.75, 3.05) is 45.9 Å². The largest absolute Gasteiger partial charge is 0.382 e. The summed E-state index contributed by atoms with van der Waals surface area (Å²) in [6.45, 7) is 2.70. The third kappa shape index (κ3) is 14.1. The summed E-state index contributed by atoms with van der Waals surface area (Å²) in [7, 11) is 3.31. The lowest BCUT2D eigenvalue weighted by Gasteiger charge is -2.04. The molecule has 0 saturated heterocycles. The Kier molecular flexibility index (Phi) is 10.4. The van der Waals surface area contributed by atoms with Gasteiger partial charge in [-0.3, -0.25) is 0 Å². The molecule has 7 heteroatoms. The molecule has 0 aromatic rings. The highest BCUT2D eigenvalue weighted by Gasteiger charge is 2.03. The van der Waals surface area contributed by atoms with Crippen molar-refractivity contribution >= 4 is 19.7 Å². The summed E-state index contributed by atoms with van der Waals surface area (Å²) >= 11 is 0. The zero-order valence-electron chi connectivity index (χ0n) is 9.48. The Balaban J connectivity index is 3.05. The van der Waals surface area contributed by atoms with Crippen LogP contribution < -0.4 is 0 Å². The molecule has 5 nitrogen and oxygen atoms in total. The third-order valence-corrected chi connectivity index (χ3v) is 2.97. The van der Waals surface area contributed by atoms with Crippen molar-refractivity contribution in [3.05, 3.63) is 0 Å². The van der Waals surface area contributed by atoms with E-state index in [-0.39, 0.29) is 5.75 Å². The van der Waals surface area contributed by atoms with Gasteiger partial charge < -0.3 is 14.2 Å². The van der Waals surface area contributed by atoms with Crippen LogP contribution in [0.5, 0.6) is 0 Å². The van der Waals surface area contributed by atoms with Gasteiger partial charge in [-0.05, 0) is 12.8 Å². The second kappa shape index (κ2) is 10.3. The van der Waals surface area contributed by atoms with Gasteiger partial charge in [-0.2, -0.15) is 0 Å². The van der Waals surface area contributed by atoms with E-state index in [1.54, 1.807) is 7.11 Å². The molecule has 0 aromatic heterocycles. The Labute approximate surface area is 101 Å². The summed E-state index contributed by atoms with van der Waals surface area (Å²) in [4.78, 5) is 0. The van der Waals surface area contributed by atoms with E-state index in [1.165, 1.54) is 0 Å². The number of hydrogen-bond acceptors (Lipinski definition) is 5. The van der Waals surface area contributed by atoms with Crippen LogP contribution in [-0.2, 0) is 23.3 Å². The maximum Gasteiger partial charge on any atom is 0.232 e. The lowest BCUT2D eigenvalue weighted by molar-refractivity contribution is 0.0242. The van der Waals surface area contributed by atoms with Gasteiger partial charge in [0.25, 0.3) is 0 Å². The first-order chi connectivity index (χ1) is 7.56. The van der Waals surface area contributed by atoms with Crippen LogP contribution in [0.4, 0.5) is 0 Å². The van der Waals surface area contributed by atoms with Gasteiger partial charge in [-0.15, -0.1) is 0 Å². The average molecular weight is 275 g/mol. The summed E-state index contributed by atoms with van der Waals surface area (Å²) < 4.78 is 36.3. The molecule has 0 aliphatic rings. The second-order valence-corrected chi connectivity index (χ2v) is 6.06. The first-order valence-corrected chi connectivity index (χ1v) is 7.61. The predicted molar refractivity (Wildman–Crippen MR) is 62.4 cm³/mol. The maximum atomic E-state index is 10.6. The van der Waals surface area contributed by atoms with Gasteiger partial charge in [0.2, 0.25) is 9.05 Å². The minimum absolute atomic E-state index is 0.00224. The molecule has 0 radical (unpaired) electrons. The highest BCUT2D eigenvalue weighted by molar-refractivity contribution is 8.13. The van der Waals surface area contributed by atoms with Gasteiger partial charge in [0, 0.05) is 24.4 Å². The molecule has 0 aliphatic carbocycles. The highest BCUT2D eigenvalue weighted by Crippen LogP contribution is 2.01. The molecule has 0 aromatic carbocycles. The maximum absolute atomic E-state index is 10.6. The first kappa shape index (κ1) is 16.1. The van der Waals surface area contributed by atoms with E-state index in [0.29, 0.717) is 45.9 Å². The van der Waals surface area contributed by atoms with Gasteiger partial charge in [-0.25, -0.2) is 8.42 Å². The molecular weight excluding hydrogens is 256 g/mol. The lowest BCUT2D eigenvalue weighted by atomic mass is 10.4. The fraction of sp³-hybridized carbons (Fsp3) is 1.00.